The number of anilines is 1. The van der Waals surface area contributed by atoms with Crippen molar-refractivity contribution in [2.24, 2.45) is 5.16 Å². The van der Waals surface area contributed by atoms with E-state index in [0.717, 1.165) is 23.8 Å². The van der Waals surface area contributed by atoms with Gasteiger partial charge in [-0.25, -0.2) is 4.79 Å². The summed E-state index contributed by atoms with van der Waals surface area (Å²) in [6, 6.07) is 0.0279. The minimum absolute atomic E-state index is 0.00557. The van der Waals surface area contributed by atoms with Crippen molar-refractivity contribution in [3.8, 4) is 5.75 Å². The molecule has 3 aliphatic rings. The third-order valence-electron chi connectivity index (χ3n) is 7.56. The Bertz CT molecular complexity index is 1680. The number of aromatic amines is 1. The molecular weight excluding hydrogens is 630 g/mol. The predicted molar refractivity (Wildman–Crippen MR) is 162 cm³/mol. The number of likely N-dealkylation sites (N-methyl/N-ethyl adjacent to an activating group) is 1. The minimum atomic E-state index is -1.26. The van der Waals surface area contributed by atoms with Gasteiger partial charge in [-0.1, -0.05) is 17.8 Å². The molecule has 0 aromatic carbocycles. The molecule has 5 heterocycles. The third-order valence-corrected chi connectivity index (χ3v) is 9.44. The lowest BCUT2D eigenvalue weighted by molar-refractivity contribution is -0.908. The second-order valence-corrected chi connectivity index (χ2v) is 12.6. The second kappa shape index (κ2) is 12.7. The number of hydrogen-bond donors (Lipinski definition) is 5. The fourth-order valence-electron chi connectivity index (χ4n) is 5.21. The van der Waals surface area contributed by atoms with Crippen LogP contribution in [-0.4, -0.2) is 132 Å². The standard InChI is InChI=1S/C26H29N9O8S2/c1-3-8-43-31-17(20-30-26(27)45-32-20)21(38)29-18-23(40)34-19(25(41)42)13(12-44-24(18)34)11-35(2)6-4-33(5-7-35)22(39)14-9-15(36)16(37)10-28-14/h3,9-10,18,24H,1,4-8,11-12H2,2H3,(H5-,27,28,29,30,31,32,36,37,38,39,41,42)/p+1/t18-,24-/m1/s1. The quantitative estimate of drug-likeness (QED) is 0.0503. The van der Waals surface area contributed by atoms with Crippen LogP contribution in [0.15, 0.2) is 46.1 Å². The van der Waals surface area contributed by atoms with Gasteiger partial charge in [-0.15, -0.1) is 11.8 Å². The molecule has 3 amide bonds. The SMILES string of the molecule is C=CCON=C(C(=O)N[C@@H]1C(=O)N2C(C(=O)O)=C(C[N+]3(C)CCN(C(=O)c4cc(=O)c(O)c[nH]4)CC3)CS[C@H]12)c1nsc(N)n1. The van der Waals surface area contributed by atoms with E-state index >= 15 is 0 Å². The molecule has 2 fully saturated rings. The van der Waals surface area contributed by atoms with Crippen molar-refractivity contribution < 1.29 is 38.7 Å². The summed E-state index contributed by atoms with van der Waals surface area (Å²) < 4.78 is 4.41. The largest absolute Gasteiger partial charge is 0.503 e. The number of amides is 3. The fourth-order valence-corrected chi connectivity index (χ4v) is 6.98. The van der Waals surface area contributed by atoms with E-state index in [0.29, 0.717) is 48.5 Å². The Morgan fingerprint density at radius 2 is 2.07 bits per heavy atom. The number of nitrogens with zero attached hydrogens (tertiary/aromatic N) is 6. The molecule has 0 saturated carbocycles. The summed E-state index contributed by atoms with van der Waals surface area (Å²) in [4.78, 5) is 77.9. The molecule has 2 atom stereocenters. The summed E-state index contributed by atoms with van der Waals surface area (Å²) in [5.74, 6) is -3.27. The van der Waals surface area contributed by atoms with E-state index in [1.165, 1.54) is 22.7 Å². The van der Waals surface area contributed by atoms with Crippen molar-refractivity contribution in [3.63, 3.8) is 0 Å². The topological polar surface area (TPSA) is 234 Å². The van der Waals surface area contributed by atoms with Crippen molar-refractivity contribution >= 4 is 57.8 Å². The number of aromatic nitrogens is 3. The fraction of sp³-hybridized carbons (Fsp3) is 0.385. The number of aromatic hydroxyl groups is 1. The third kappa shape index (κ3) is 6.40. The first-order valence-corrected chi connectivity index (χ1v) is 15.4. The van der Waals surface area contributed by atoms with Gasteiger partial charge in [0, 0.05) is 35.1 Å². The number of quaternary nitrogens is 1. The molecule has 0 unspecified atom stereocenters. The Balaban J connectivity index is 1.26. The first kappa shape index (κ1) is 31.7. The number of carbonyl (C=O) groups is 4. The molecule has 45 heavy (non-hydrogen) atoms. The van der Waals surface area contributed by atoms with Gasteiger partial charge in [0.05, 0.1) is 33.2 Å². The number of fused-ring (bicyclic) bond motifs is 1. The summed E-state index contributed by atoms with van der Waals surface area (Å²) in [5.41, 5.74) is 5.20. The van der Waals surface area contributed by atoms with Crippen LogP contribution in [0, 0.1) is 0 Å². The molecule has 6 N–H and O–H groups in total. The second-order valence-electron chi connectivity index (χ2n) is 10.7. The number of nitrogen functional groups attached to an aromatic ring is 1. The van der Waals surface area contributed by atoms with E-state index in [1.54, 1.807) is 4.90 Å². The van der Waals surface area contributed by atoms with Crippen molar-refractivity contribution in [3.05, 3.63) is 57.9 Å². The predicted octanol–water partition coefficient (Wildman–Crippen LogP) is -1.24. The van der Waals surface area contributed by atoms with E-state index in [1.807, 2.05) is 7.05 Å². The average Bonchev–Trinajstić information content (AvgIpc) is 3.44. The summed E-state index contributed by atoms with van der Waals surface area (Å²) in [7, 11) is 1.95. The molecular formula is C26H30N9O8S2+. The number of carboxylic acids is 1. The number of oxime groups is 1. The highest BCUT2D eigenvalue weighted by Crippen LogP contribution is 2.41. The highest BCUT2D eigenvalue weighted by molar-refractivity contribution is 8.00. The van der Waals surface area contributed by atoms with E-state index < -0.39 is 40.4 Å². The Morgan fingerprint density at radius 3 is 2.69 bits per heavy atom. The Kier molecular flexibility index (Phi) is 8.94. The maximum Gasteiger partial charge on any atom is 0.352 e. The molecule has 238 valence electrons. The van der Waals surface area contributed by atoms with Gasteiger partial charge in [0.2, 0.25) is 17.0 Å². The molecule has 2 aromatic rings. The number of nitrogens with two attached hydrogens (primary N) is 1. The average molecular weight is 661 g/mol. The number of carboxylic acid groups (broad SMARTS) is 1. The minimum Gasteiger partial charge on any atom is -0.503 e. The summed E-state index contributed by atoms with van der Waals surface area (Å²) in [5, 5.41) is 25.4. The number of hydrogen-bond acceptors (Lipinski definition) is 13. The molecule has 0 radical (unpaired) electrons. The molecule has 2 saturated heterocycles. The van der Waals surface area contributed by atoms with Gasteiger partial charge in [-0.3, -0.25) is 24.1 Å². The van der Waals surface area contributed by atoms with E-state index in [9.17, 15) is 34.2 Å². The maximum atomic E-state index is 13.3. The molecule has 0 spiro atoms. The number of pyridine rings is 1. The number of carbonyl (C=O) groups excluding carboxylic acids is 3. The number of nitrogens with one attached hydrogen (secondary N) is 2. The van der Waals surface area contributed by atoms with Gasteiger partial charge in [0.1, 0.15) is 36.0 Å². The van der Waals surface area contributed by atoms with Crippen LogP contribution in [0.25, 0.3) is 0 Å². The van der Waals surface area contributed by atoms with Crippen LogP contribution in [0.4, 0.5) is 5.13 Å². The van der Waals surface area contributed by atoms with Crippen LogP contribution in [0.1, 0.15) is 16.3 Å². The number of thioether (sulfide) groups is 1. The Morgan fingerprint density at radius 1 is 1.33 bits per heavy atom. The number of rotatable bonds is 10. The molecule has 2 aromatic heterocycles. The normalized spacial score (nSPS) is 21.1. The number of piperazine rings is 1. The molecule has 0 aliphatic carbocycles. The molecule has 19 heteroatoms. The van der Waals surface area contributed by atoms with Crippen LogP contribution in [0.2, 0.25) is 0 Å². The number of H-pyrrole nitrogens is 1. The van der Waals surface area contributed by atoms with Crippen LogP contribution in [0.5, 0.6) is 5.75 Å². The van der Waals surface area contributed by atoms with Gasteiger partial charge in [0.15, 0.2) is 10.9 Å². The number of aliphatic carboxylic acids is 1. The molecule has 17 nitrogen and oxygen atoms in total. The van der Waals surface area contributed by atoms with Crippen LogP contribution in [0.3, 0.4) is 0 Å². The summed E-state index contributed by atoms with van der Waals surface area (Å²) in [6.45, 7) is 5.54. The van der Waals surface area contributed by atoms with Crippen LogP contribution < -0.4 is 16.5 Å². The van der Waals surface area contributed by atoms with Gasteiger partial charge < -0.3 is 40.5 Å². The van der Waals surface area contributed by atoms with Gasteiger partial charge in [-0.2, -0.15) is 9.36 Å². The first-order valence-electron chi connectivity index (χ1n) is 13.6. The van der Waals surface area contributed by atoms with Crippen LogP contribution >= 0.6 is 23.3 Å². The smallest absolute Gasteiger partial charge is 0.352 e. The molecule has 0 bridgehead atoms. The Hall–Kier alpha value is -4.75. The van der Waals surface area contributed by atoms with Crippen molar-refractivity contribution in [2.75, 3.05) is 57.9 Å². The molecule has 5 rings (SSSR count). The van der Waals surface area contributed by atoms with E-state index in [4.69, 9.17) is 10.6 Å². The van der Waals surface area contributed by atoms with Crippen molar-refractivity contribution in [1.29, 1.82) is 0 Å². The zero-order valence-corrected chi connectivity index (χ0v) is 25.6. The highest BCUT2D eigenvalue weighted by atomic mass is 32.2. The number of β-lactam (4-membered cyclic amide) rings is 1. The monoisotopic (exact) mass is 660 g/mol. The van der Waals surface area contributed by atoms with Gasteiger partial charge in [0.25, 0.3) is 17.7 Å². The van der Waals surface area contributed by atoms with Crippen LogP contribution in [-0.2, 0) is 19.2 Å². The maximum absolute atomic E-state index is 13.3. The first-order chi connectivity index (χ1) is 21.4. The lowest BCUT2D eigenvalue weighted by Crippen LogP contribution is -2.71. The summed E-state index contributed by atoms with van der Waals surface area (Å²) in [6.07, 6.45) is 2.49. The molecule has 3 aliphatic heterocycles. The van der Waals surface area contributed by atoms with Crippen molar-refractivity contribution in [2.45, 2.75) is 11.4 Å². The lowest BCUT2D eigenvalue weighted by Gasteiger charge is -2.50. The summed E-state index contributed by atoms with van der Waals surface area (Å²) >= 11 is 2.18. The lowest BCUT2D eigenvalue weighted by atomic mass is 10.0. The van der Waals surface area contributed by atoms with E-state index in [2.05, 4.69) is 31.4 Å². The zero-order chi connectivity index (χ0) is 32.5. The van der Waals surface area contributed by atoms with Crippen molar-refractivity contribution in [1.82, 2.24) is 29.5 Å². The Labute approximate surface area is 263 Å². The van der Waals surface area contributed by atoms with Gasteiger partial charge in [-0.05, 0) is 0 Å². The van der Waals surface area contributed by atoms with Gasteiger partial charge >= 0.3 is 5.97 Å². The zero-order valence-electron chi connectivity index (χ0n) is 24.0. The van der Waals surface area contributed by atoms with E-state index in [-0.39, 0.29) is 40.6 Å². The highest BCUT2D eigenvalue weighted by Gasteiger charge is 2.55.